The summed E-state index contributed by atoms with van der Waals surface area (Å²) in [6.07, 6.45) is 4.49. The zero-order valence-corrected chi connectivity index (χ0v) is 11.6. The van der Waals surface area contributed by atoms with E-state index in [0.29, 0.717) is 19.8 Å². The van der Waals surface area contributed by atoms with Gasteiger partial charge in [0.2, 0.25) is 5.91 Å². The lowest BCUT2D eigenvalue weighted by molar-refractivity contribution is -0.126. The van der Waals surface area contributed by atoms with Gasteiger partial charge in [0.15, 0.2) is 0 Å². The van der Waals surface area contributed by atoms with E-state index >= 15 is 0 Å². The predicted octanol–water partition coefficient (Wildman–Crippen LogP) is 2.34. The van der Waals surface area contributed by atoms with Gasteiger partial charge in [-0.05, 0) is 31.6 Å². The van der Waals surface area contributed by atoms with E-state index in [1.54, 1.807) is 0 Å². The molecule has 0 aromatic heterocycles. The Balaban J connectivity index is 2.06. The number of hydrogen-bond donors (Lipinski definition) is 1. The normalized spacial score (nSPS) is 25.4. The molecule has 0 saturated heterocycles. The molecule has 0 radical (unpaired) electrons. The van der Waals surface area contributed by atoms with E-state index in [2.05, 4.69) is 28.2 Å². The van der Waals surface area contributed by atoms with Gasteiger partial charge < -0.3 is 10.1 Å². The summed E-state index contributed by atoms with van der Waals surface area (Å²) in [5.41, 5.74) is 0. The van der Waals surface area contributed by atoms with Crippen molar-refractivity contribution in [1.82, 2.24) is 5.32 Å². The maximum absolute atomic E-state index is 11.8. The third-order valence-electron chi connectivity index (χ3n) is 3.15. The zero-order chi connectivity index (χ0) is 11.8. The third kappa shape index (κ3) is 5.30. The highest BCUT2D eigenvalue weighted by atomic mass is 79.9. The van der Waals surface area contributed by atoms with Crippen LogP contribution in [0.3, 0.4) is 0 Å². The Morgan fingerprint density at radius 2 is 2.00 bits per heavy atom. The Bertz CT molecular complexity index is 203. The Kier molecular flexibility index (Phi) is 7.05. The number of carbonyl (C=O) groups is 1. The molecule has 0 aliphatic heterocycles. The number of ether oxygens (including phenoxy) is 1. The number of rotatable bonds is 6. The number of hydrogen-bond acceptors (Lipinski definition) is 2. The second-order valence-corrected chi connectivity index (χ2v) is 5.34. The molecule has 0 heterocycles. The van der Waals surface area contributed by atoms with E-state index in [-0.39, 0.29) is 11.8 Å². The van der Waals surface area contributed by atoms with Crippen molar-refractivity contribution in [2.45, 2.75) is 32.6 Å². The maximum atomic E-state index is 11.8. The molecule has 16 heavy (non-hydrogen) atoms. The first kappa shape index (κ1) is 14.0. The van der Waals surface area contributed by atoms with E-state index in [9.17, 15) is 4.79 Å². The molecule has 0 aromatic carbocycles. The SMILES string of the molecule is CC1CCC(C(=O)NCCOCCBr)CC1. The minimum absolute atomic E-state index is 0.217. The molecule has 0 unspecified atom stereocenters. The van der Waals surface area contributed by atoms with E-state index in [1.807, 2.05) is 0 Å². The van der Waals surface area contributed by atoms with Crippen molar-refractivity contribution in [1.29, 1.82) is 0 Å². The summed E-state index contributed by atoms with van der Waals surface area (Å²) < 4.78 is 5.28. The highest BCUT2D eigenvalue weighted by Crippen LogP contribution is 2.28. The summed E-state index contributed by atoms with van der Waals surface area (Å²) in [6.45, 7) is 4.22. The first-order valence-corrected chi connectivity index (χ1v) is 7.27. The van der Waals surface area contributed by atoms with Crippen LogP contribution < -0.4 is 5.32 Å². The minimum atomic E-state index is 0.217. The Hall–Kier alpha value is -0.0900. The molecule has 1 N–H and O–H groups in total. The average Bonchev–Trinajstić information content (AvgIpc) is 2.29. The van der Waals surface area contributed by atoms with Crippen molar-refractivity contribution in [3.8, 4) is 0 Å². The van der Waals surface area contributed by atoms with Crippen LogP contribution in [-0.2, 0) is 9.53 Å². The molecule has 1 aliphatic rings. The Morgan fingerprint density at radius 1 is 1.31 bits per heavy atom. The number of carbonyl (C=O) groups excluding carboxylic acids is 1. The largest absolute Gasteiger partial charge is 0.379 e. The lowest BCUT2D eigenvalue weighted by Gasteiger charge is -2.25. The topological polar surface area (TPSA) is 38.3 Å². The Morgan fingerprint density at radius 3 is 2.62 bits per heavy atom. The van der Waals surface area contributed by atoms with Crippen LogP contribution in [-0.4, -0.2) is 31.0 Å². The molecular formula is C12H22BrNO2. The van der Waals surface area contributed by atoms with Crippen LogP contribution in [0.4, 0.5) is 0 Å². The lowest BCUT2D eigenvalue weighted by Crippen LogP contribution is -2.35. The first-order valence-electron chi connectivity index (χ1n) is 6.15. The molecule has 1 saturated carbocycles. The van der Waals surface area contributed by atoms with E-state index in [0.717, 1.165) is 24.1 Å². The van der Waals surface area contributed by atoms with Crippen LogP contribution in [0.1, 0.15) is 32.6 Å². The number of nitrogens with one attached hydrogen (secondary N) is 1. The lowest BCUT2D eigenvalue weighted by atomic mass is 9.82. The van der Waals surface area contributed by atoms with Gasteiger partial charge in [0.1, 0.15) is 0 Å². The standard InChI is InChI=1S/C12H22BrNO2/c1-10-2-4-11(5-3-10)12(15)14-7-9-16-8-6-13/h10-11H,2-9H2,1H3,(H,14,15). The minimum Gasteiger partial charge on any atom is -0.379 e. The zero-order valence-electron chi connectivity index (χ0n) is 10.0. The van der Waals surface area contributed by atoms with Gasteiger partial charge in [-0.25, -0.2) is 0 Å². The van der Waals surface area contributed by atoms with E-state index in [1.165, 1.54) is 12.8 Å². The fourth-order valence-electron chi connectivity index (χ4n) is 2.07. The summed E-state index contributed by atoms with van der Waals surface area (Å²) in [6, 6.07) is 0. The first-order chi connectivity index (χ1) is 7.74. The van der Waals surface area contributed by atoms with Gasteiger partial charge in [0, 0.05) is 17.8 Å². The molecule has 94 valence electrons. The average molecular weight is 292 g/mol. The smallest absolute Gasteiger partial charge is 0.223 e. The Labute approximate surface area is 106 Å². The molecule has 1 fully saturated rings. The van der Waals surface area contributed by atoms with Gasteiger partial charge >= 0.3 is 0 Å². The van der Waals surface area contributed by atoms with E-state index < -0.39 is 0 Å². The molecule has 1 aliphatic carbocycles. The van der Waals surface area contributed by atoms with Crippen LogP contribution in [0.5, 0.6) is 0 Å². The van der Waals surface area contributed by atoms with Crippen LogP contribution in [0.2, 0.25) is 0 Å². The van der Waals surface area contributed by atoms with Gasteiger partial charge in [0.05, 0.1) is 13.2 Å². The molecule has 1 amide bonds. The van der Waals surface area contributed by atoms with Crippen molar-refractivity contribution in [2.24, 2.45) is 11.8 Å². The highest BCUT2D eigenvalue weighted by molar-refractivity contribution is 9.09. The summed E-state index contributed by atoms with van der Waals surface area (Å²) >= 11 is 3.29. The second-order valence-electron chi connectivity index (χ2n) is 4.55. The predicted molar refractivity (Wildman–Crippen MR) is 68.7 cm³/mol. The monoisotopic (exact) mass is 291 g/mol. The quantitative estimate of drug-likeness (QED) is 0.603. The van der Waals surface area contributed by atoms with Gasteiger partial charge in [0.25, 0.3) is 0 Å². The number of alkyl halides is 1. The summed E-state index contributed by atoms with van der Waals surface area (Å²) in [7, 11) is 0. The summed E-state index contributed by atoms with van der Waals surface area (Å²) in [5.74, 6) is 1.26. The van der Waals surface area contributed by atoms with Gasteiger partial charge in [-0.3, -0.25) is 4.79 Å². The van der Waals surface area contributed by atoms with Crippen molar-refractivity contribution < 1.29 is 9.53 Å². The van der Waals surface area contributed by atoms with Gasteiger partial charge in [-0.15, -0.1) is 0 Å². The maximum Gasteiger partial charge on any atom is 0.223 e. The van der Waals surface area contributed by atoms with E-state index in [4.69, 9.17) is 4.74 Å². The molecule has 3 nitrogen and oxygen atoms in total. The summed E-state index contributed by atoms with van der Waals surface area (Å²) in [5, 5.41) is 3.80. The van der Waals surface area contributed by atoms with Crippen LogP contribution in [0.25, 0.3) is 0 Å². The molecule has 0 spiro atoms. The van der Waals surface area contributed by atoms with Crippen LogP contribution in [0, 0.1) is 11.8 Å². The van der Waals surface area contributed by atoms with Crippen molar-refractivity contribution in [3.63, 3.8) is 0 Å². The van der Waals surface area contributed by atoms with Crippen LogP contribution >= 0.6 is 15.9 Å². The third-order valence-corrected chi connectivity index (χ3v) is 3.48. The summed E-state index contributed by atoms with van der Waals surface area (Å²) in [4.78, 5) is 11.8. The van der Waals surface area contributed by atoms with Gasteiger partial charge in [-0.1, -0.05) is 22.9 Å². The highest BCUT2D eigenvalue weighted by Gasteiger charge is 2.23. The second kappa shape index (κ2) is 8.07. The molecule has 4 heteroatoms. The van der Waals surface area contributed by atoms with Gasteiger partial charge in [-0.2, -0.15) is 0 Å². The number of halogens is 1. The molecule has 1 rings (SSSR count). The van der Waals surface area contributed by atoms with Crippen molar-refractivity contribution in [3.05, 3.63) is 0 Å². The molecule has 0 atom stereocenters. The fourth-order valence-corrected chi connectivity index (χ4v) is 2.30. The molecule has 0 aromatic rings. The molecule has 0 bridgehead atoms. The molecular weight excluding hydrogens is 270 g/mol. The van der Waals surface area contributed by atoms with Crippen molar-refractivity contribution >= 4 is 21.8 Å². The van der Waals surface area contributed by atoms with Crippen molar-refractivity contribution in [2.75, 3.05) is 25.1 Å². The fraction of sp³-hybridized carbons (Fsp3) is 0.917. The van der Waals surface area contributed by atoms with Crippen LogP contribution in [0.15, 0.2) is 0 Å². The number of amides is 1.